The van der Waals surface area contributed by atoms with Crippen molar-refractivity contribution in [1.82, 2.24) is 10.7 Å². The minimum atomic E-state index is 0.447. The highest BCUT2D eigenvalue weighted by molar-refractivity contribution is 7.80. The SMILES string of the molecule is CCNC(=S)NN=Cc1ccc(OCCOc2cccc(OC)c2)cc1. The first-order valence-electron chi connectivity index (χ1n) is 8.28. The second kappa shape index (κ2) is 10.9. The second-order valence-electron chi connectivity index (χ2n) is 5.17. The van der Waals surface area contributed by atoms with Crippen molar-refractivity contribution in [3.63, 3.8) is 0 Å². The van der Waals surface area contributed by atoms with Gasteiger partial charge in [-0.1, -0.05) is 6.07 Å². The quantitative estimate of drug-likeness (QED) is 0.305. The molecular weight excluding hydrogens is 350 g/mol. The van der Waals surface area contributed by atoms with E-state index in [9.17, 15) is 0 Å². The van der Waals surface area contributed by atoms with Crippen molar-refractivity contribution in [3.05, 3.63) is 54.1 Å². The van der Waals surface area contributed by atoms with Crippen molar-refractivity contribution in [2.75, 3.05) is 26.9 Å². The molecular formula is C19H23N3O3S. The van der Waals surface area contributed by atoms with Gasteiger partial charge in [-0.2, -0.15) is 5.10 Å². The third-order valence-corrected chi connectivity index (χ3v) is 3.49. The summed E-state index contributed by atoms with van der Waals surface area (Å²) in [6, 6.07) is 15.1. The Morgan fingerprint density at radius 1 is 1.04 bits per heavy atom. The maximum Gasteiger partial charge on any atom is 0.186 e. The van der Waals surface area contributed by atoms with Gasteiger partial charge in [-0.05, 0) is 61.1 Å². The first kappa shape index (κ1) is 19.5. The number of nitrogens with one attached hydrogen (secondary N) is 2. The summed E-state index contributed by atoms with van der Waals surface area (Å²) in [6.45, 7) is 3.62. The van der Waals surface area contributed by atoms with Crippen LogP contribution in [0.5, 0.6) is 17.2 Å². The molecule has 6 nitrogen and oxygen atoms in total. The summed E-state index contributed by atoms with van der Waals surface area (Å²) >= 11 is 5.02. The predicted octanol–water partition coefficient (Wildman–Crippen LogP) is 2.97. The van der Waals surface area contributed by atoms with Crippen LogP contribution in [0.15, 0.2) is 53.6 Å². The van der Waals surface area contributed by atoms with Gasteiger partial charge in [-0.3, -0.25) is 5.43 Å². The van der Waals surface area contributed by atoms with E-state index in [1.165, 1.54) is 0 Å². The van der Waals surface area contributed by atoms with Crippen LogP contribution in [0.2, 0.25) is 0 Å². The number of hydrogen-bond donors (Lipinski definition) is 2. The van der Waals surface area contributed by atoms with Crippen molar-refractivity contribution in [3.8, 4) is 17.2 Å². The van der Waals surface area contributed by atoms with E-state index in [4.69, 9.17) is 26.4 Å². The Morgan fingerprint density at radius 2 is 1.73 bits per heavy atom. The summed E-state index contributed by atoms with van der Waals surface area (Å²) in [4.78, 5) is 0. The molecule has 0 amide bonds. The maximum absolute atomic E-state index is 5.67. The zero-order valence-electron chi connectivity index (χ0n) is 14.9. The van der Waals surface area contributed by atoms with E-state index in [0.717, 1.165) is 29.4 Å². The van der Waals surface area contributed by atoms with Crippen LogP contribution < -0.4 is 25.0 Å². The summed E-state index contributed by atoms with van der Waals surface area (Å²) in [6.07, 6.45) is 1.69. The lowest BCUT2D eigenvalue weighted by atomic mass is 10.2. The summed E-state index contributed by atoms with van der Waals surface area (Å²) in [5, 5.41) is 7.52. The Morgan fingerprint density at radius 3 is 2.42 bits per heavy atom. The Bertz CT molecular complexity index is 720. The van der Waals surface area contributed by atoms with Crippen LogP contribution in [0.3, 0.4) is 0 Å². The van der Waals surface area contributed by atoms with Gasteiger partial charge in [0.05, 0.1) is 13.3 Å². The molecule has 0 unspecified atom stereocenters. The fraction of sp³-hybridized carbons (Fsp3) is 0.263. The number of thiocarbonyl (C=S) groups is 1. The van der Waals surface area contributed by atoms with Crippen LogP contribution in [0, 0.1) is 0 Å². The highest BCUT2D eigenvalue weighted by atomic mass is 32.1. The Labute approximate surface area is 159 Å². The fourth-order valence-corrected chi connectivity index (χ4v) is 2.22. The number of hydrogen-bond acceptors (Lipinski definition) is 5. The molecule has 2 N–H and O–H groups in total. The summed E-state index contributed by atoms with van der Waals surface area (Å²) in [7, 11) is 1.63. The molecule has 2 rings (SSSR count). The van der Waals surface area contributed by atoms with Gasteiger partial charge >= 0.3 is 0 Å². The molecule has 0 bridgehead atoms. The van der Waals surface area contributed by atoms with Gasteiger partial charge < -0.3 is 19.5 Å². The van der Waals surface area contributed by atoms with Crippen molar-refractivity contribution in [1.29, 1.82) is 0 Å². The summed E-state index contributed by atoms with van der Waals surface area (Å²) in [5.74, 6) is 2.29. The normalized spacial score (nSPS) is 10.4. The molecule has 0 aromatic heterocycles. The van der Waals surface area contributed by atoms with Gasteiger partial charge in [0.15, 0.2) is 5.11 Å². The number of benzene rings is 2. The van der Waals surface area contributed by atoms with E-state index < -0.39 is 0 Å². The highest BCUT2D eigenvalue weighted by Crippen LogP contribution is 2.18. The number of nitrogens with zero attached hydrogens (tertiary/aromatic N) is 1. The van der Waals surface area contributed by atoms with Crippen LogP contribution in [-0.4, -0.2) is 38.2 Å². The topological polar surface area (TPSA) is 64.1 Å². The van der Waals surface area contributed by atoms with Crippen LogP contribution in [0.4, 0.5) is 0 Å². The molecule has 138 valence electrons. The molecule has 0 saturated heterocycles. The Kier molecular flexibility index (Phi) is 8.21. The molecule has 0 radical (unpaired) electrons. The Hall–Kier alpha value is -2.80. The van der Waals surface area contributed by atoms with Crippen molar-refractivity contribution >= 4 is 23.5 Å². The highest BCUT2D eigenvalue weighted by Gasteiger charge is 1.98. The first-order chi connectivity index (χ1) is 12.7. The fourth-order valence-electron chi connectivity index (χ4n) is 2.03. The van der Waals surface area contributed by atoms with Crippen LogP contribution >= 0.6 is 12.2 Å². The van der Waals surface area contributed by atoms with E-state index in [1.54, 1.807) is 13.3 Å². The number of hydrazone groups is 1. The molecule has 0 heterocycles. The molecule has 2 aromatic carbocycles. The minimum Gasteiger partial charge on any atom is -0.497 e. The molecule has 0 fully saturated rings. The molecule has 7 heteroatoms. The van der Waals surface area contributed by atoms with Gasteiger partial charge in [0.1, 0.15) is 30.5 Å². The van der Waals surface area contributed by atoms with E-state index in [0.29, 0.717) is 18.3 Å². The number of rotatable bonds is 9. The average Bonchev–Trinajstić information content (AvgIpc) is 2.67. The summed E-state index contributed by atoms with van der Waals surface area (Å²) in [5.41, 5.74) is 3.69. The first-order valence-corrected chi connectivity index (χ1v) is 8.68. The van der Waals surface area contributed by atoms with Crippen LogP contribution in [0.1, 0.15) is 12.5 Å². The minimum absolute atomic E-state index is 0.447. The van der Waals surface area contributed by atoms with E-state index >= 15 is 0 Å². The average molecular weight is 373 g/mol. The molecule has 0 aliphatic rings. The molecule has 2 aromatic rings. The Balaban J connectivity index is 1.71. The lowest BCUT2D eigenvalue weighted by molar-refractivity contribution is 0.216. The number of ether oxygens (including phenoxy) is 3. The third-order valence-electron chi connectivity index (χ3n) is 3.26. The standard InChI is InChI=1S/C19H23N3O3S/c1-3-20-19(26)22-21-14-15-7-9-16(10-8-15)24-11-12-25-18-6-4-5-17(13-18)23-2/h4-10,13-14H,3,11-12H2,1-2H3,(H2,20,22,26). The molecule has 0 saturated carbocycles. The summed E-state index contributed by atoms with van der Waals surface area (Å²) < 4.78 is 16.5. The lowest BCUT2D eigenvalue weighted by Gasteiger charge is -2.09. The lowest BCUT2D eigenvalue weighted by Crippen LogP contribution is -2.31. The molecule has 0 atom stereocenters. The van der Waals surface area contributed by atoms with Crippen LogP contribution in [0.25, 0.3) is 0 Å². The smallest absolute Gasteiger partial charge is 0.186 e. The van der Waals surface area contributed by atoms with Gasteiger partial charge in [0.25, 0.3) is 0 Å². The zero-order chi connectivity index (χ0) is 18.6. The van der Waals surface area contributed by atoms with Gasteiger partial charge in [0.2, 0.25) is 0 Å². The number of methoxy groups -OCH3 is 1. The largest absolute Gasteiger partial charge is 0.497 e. The van der Waals surface area contributed by atoms with E-state index in [2.05, 4.69) is 15.8 Å². The monoisotopic (exact) mass is 373 g/mol. The van der Waals surface area contributed by atoms with Gasteiger partial charge in [0, 0.05) is 12.6 Å². The molecule has 26 heavy (non-hydrogen) atoms. The van der Waals surface area contributed by atoms with Gasteiger partial charge in [-0.15, -0.1) is 0 Å². The zero-order valence-corrected chi connectivity index (χ0v) is 15.7. The molecule has 0 aliphatic heterocycles. The van der Waals surface area contributed by atoms with Crippen LogP contribution in [-0.2, 0) is 0 Å². The van der Waals surface area contributed by atoms with E-state index in [-0.39, 0.29) is 0 Å². The van der Waals surface area contributed by atoms with Crippen molar-refractivity contribution < 1.29 is 14.2 Å². The van der Waals surface area contributed by atoms with E-state index in [1.807, 2.05) is 55.5 Å². The third kappa shape index (κ3) is 6.98. The maximum atomic E-state index is 5.67. The van der Waals surface area contributed by atoms with Crippen molar-refractivity contribution in [2.45, 2.75) is 6.92 Å². The predicted molar refractivity (Wildman–Crippen MR) is 107 cm³/mol. The second-order valence-corrected chi connectivity index (χ2v) is 5.58. The molecule has 0 aliphatic carbocycles. The van der Waals surface area contributed by atoms with Gasteiger partial charge in [-0.25, -0.2) is 0 Å². The molecule has 0 spiro atoms. The van der Waals surface area contributed by atoms with Crippen molar-refractivity contribution in [2.24, 2.45) is 5.10 Å².